The van der Waals surface area contributed by atoms with Crippen molar-refractivity contribution in [2.45, 2.75) is 38.6 Å². The highest BCUT2D eigenvalue weighted by Crippen LogP contribution is 2.34. The highest BCUT2D eigenvalue weighted by Gasteiger charge is 2.29. The number of carbonyl (C=O) groups excluding carboxylic acids is 2. The Morgan fingerprint density at radius 1 is 1.23 bits per heavy atom. The Balaban J connectivity index is 2.49. The monoisotopic (exact) mass is 440 g/mol. The maximum atomic E-state index is 12.8. The predicted octanol–water partition coefficient (Wildman–Crippen LogP) is 5.29. The average Bonchev–Trinajstić information content (AvgIpc) is 2.98. The van der Waals surface area contributed by atoms with Gasteiger partial charge in [-0.25, -0.2) is 19.5 Å². The van der Waals surface area contributed by atoms with Crippen molar-refractivity contribution in [1.29, 1.82) is 0 Å². The van der Waals surface area contributed by atoms with Gasteiger partial charge in [0.15, 0.2) is 0 Å². The molecule has 0 spiro atoms. The van der Waals surface area contributed by atoms with Crippen molar-refractivity contribution >= 4 is 50.1 Å². The number of hydrogen-bond donors (Lipinski definition) is 0. The summed E-state index contributed by atoms with van der Waals surface area (Å²) in [6.45, 7) is 7.39. The van der Waals surface area contributed by atoms with Crippen molar-refractivity contribution in [3.05, 3.63) is 40.9 Å². The lowest BCUT2D eigenvalue weighted by Gasteiger charge is -2.25. The number of carbonyl (C=O) groups is 2. The Bertz CT molecular complexity index is 771. The molecule has 2 aromatic rings. The summed E-state index contributed by atoms with van der Waals surface area (Å²) in [4.78, 5) is 31.2. The molecule has 26 heavy (non-hydrogen) atoms. The SMILES string of the molecule is CCOC(=O)c1sc(N(C(=O)OC(C)(C)C)c2ccccc2)nc1CBr. The molecule has 0 fully saturated rings. The summed E-state index contributed by atoms with van der Waals surface area (Å²) in [7, 11) is 0. The molecule has 6 nitrogen and oxygen atoms in total. The van der Waals surface area contributed by atoms with Crippen LogP contribution in [0, 0.1) is 0 Å². The number of esters is 1. The highest BCUT2D eigenvalue weighted by atomic mass is 79.9. The number of nitrogens with zero attached hydrogens (tertiary/aromatic N) is 2. The Kier molecular flexibility index (Phi) is 6.77. The van der Waals surface area contributed by atoms with Gasteiger partial charge < -0.3 is 9.47 Å². The summed E-state index contributed by atoms with van der Waals surface area (Å²) < 4.78 is 10.6. The number of anilines is 2. The fourth-order valence-electron chi connectivity index (χ4n) is 2.06. The normalized spacial score (nSPS) is 11.1. The molecule has 0 saturated carbocycles. The quantitative estimate of drug-likeness (QED) is 0.466. The molecule has 0 aliphatic rings. The van der Waals surface area contributed by atoms with Crippen molar-refractivity contribution in [3.63, 3.8) is 0 Å². The number of aromatic nitrogens is 1. The number of halogens is 1. The third-order valence-corrected chi connectivity index (χ3v) is 4.65. The van der Waals surface area contributed by atoms with Gasteiger partial charge in [-0.2, -0.15) is 0 Å². The number of benzene rings is 1. The van der Waals surface area contributed by atoms with Crippen molar-refractivity contribution in [2.75, 3.05) is 11.5 Å². The van der Waals surface area contributed by atoms with Gasteiger partial charge in [0.1, 0.15) is 10.5 Å². The van der Waals surface area contributed by atoms with Gasteiger partial charge in [-0.3, -0.25) is 0 Å². The summed E-state index contributed by atoms with van der Waals surface area (Å²) in [6.07, 6.45) is -0.561. The zero-order valence-corrected chi connectivity index (χ0v) is 17.5. The second-order valence-electron chi connectivity index (χ2n) is 6.28. The van der Waals surface area contributed by atoms with Crippen LogP contribution in [-0.2, 0) is 14.8 Å². The summed E-state index contributed by atoms with van der Waals surface area (Å²) in [6, 6.07) is 9.05. The third-order valence-electron chi connectivity index (χ3n) is 3.06. The van der Waals surface area contributed by atoms with Gasteiger partial charge >= 0.3 is 12.1 Å². The van der Waals surface area contributed by atoms with E-state index in [9.17, 15) is 9.59 Å². The van der Waals surface area contributed by atoms with Crippen LogP contribution in [0.15, 0.2) is 30.3 Å². The molecular formula is C18H21BrN2O4S. The topological polar surface area (TPSA) is 68.7 Å². The average molecular weight is 441 g/mol. The number of alkyl halides is 1. The van der Waals surface area contributed by atoms with E-state index in [1.165, 1.54) is 4.90 Å². The first-order valence-electron chi connectivity index (χ1n) is 8.07. The molecule has 0 radical (unpaired) electrons. The maximum absolute atomic E-state index is 12.8. The Morgan fingerprint density at radius 3 is 2.42 bits per heavy atom. The second kappa shape index (κ2) is 8.64. The van der Waals surface area contributed by atoms with Crippen LogP contribution in [-0.4, -0.2) is 29.3 Å². The van der Waals surface area contributed by atoms with Crippen molar-refractivity contribution in [3.8, 4) is 0 Å². The minimum Gasteiger partial charge on any atom is -0.462 e. The number of rotatable bonds is 5. The van der Waals surface area contributed by atoms with Crippen LogP contribution in [0.25, 0.3) is 0 Å². The summed E-state index contributed by atoms with van der Waals surface area (Å²) >= 11 is 4.43. The molecular weight excluding hydrogens is 420 g/mol. The number of amides is 1. The largest absolute Gasteiger partial charge is 0.462 e. The minimum atomic E-state index is -0.663. The van der Waals surface area contributed by atoms with Crippen molar-refractivity contribution in [1.82, 2.24) is 4.98 Å². The van der Waals surface area contributed by atoms with E-state index < -0.39 is 17.7 Å². The first-order chi connectivity index (χ1) is 12.3. The first kappa shape index (κ1) is 20.4. The fourth-order valence-corrected chi connectivity index (χ4v) is 3.64. The van der Waals surface area contributed by atoms with E-state index in [0.717, 1.165) is 11.3 Å². The number of hydrogen-bond acceptors (Lipinski definition) is 6. The van der Waals surface area contributed by atoms with Gasteiger partial charge in [0.2, 0.25) is 5.13 Å². The summed E-state index contributed by atoms with van der Waals surface area (Å²) in [5.41, 5.74) is 0.462. The highest BCUT2D eigenvalue weighted by molar-refractivity contribution is 9.08. The lowest BCUT2D eigenvalue weighted by molar-refractivity contribution is 0.0529. The van der Waals surface area contributed by atoms with Crippen molar-refractivity contribution < 1.29 is 19.1 Å². The van der Waals surface area contributed by atoms with Crippen LogP contribution < -0.4 is 4.90 Å². The molecule has 0 atom stereocenters. The molecule has 2 rings (SSSR count). The molecule has 0 aliphatic heterocycles. The van der Waals surface area contributed by atoms with Gasteiger partial charge in [-0.05, 0) is 39.8 Å². The van der Waals surface area contributed by atoms with E-state index in [1.54, 1.807) is 39.8 Å². The van der Waals surface area contributed by atoms with E-state index in [1.807, 2.05) is 18.2 Å². The number of ether oxygens (including phenoxy) is 2. The number of thiazole rings is 1. The molecule has 1 heterocycles. The van der Waals surface area contributed by atoms with Gasteiger partial charge in [-0.15, -0.1) is 0 Å². The molecule has 0 N–H and O–H groups in total. The molecule has 1 aromatic carbocycles. The van der Waals surface area contributed by atoms with Crippen LogP contribution in [0.5, 0.6) is 0 Å². The predicted molar refractivity (Wildman–Crippen MR) is 106 cm³/mol. The van der Waals surface area contributed by atoms with Crippen LogP contribution in [0.3, 0.4) is 0 Å². The van der Waals surface area contributed by atoms with E-state index >= 15 is 0 Å². The van der Waals surface area contributed by atoms with Gasteiger partial charge in [0, 0.05) is 5.33 Å². The maximum Gasteiger partial charge on any atom is 0.421 e. The van der Waals surface area contributed by atoms with E-state index in [4.69, 9.17) is 9.47 Å². The van der Waals surface area contributed by atoms with Crippen LogP contribution in [0.1, 0.15) is 43.1 Å². The molecule has 0 bridgehead atoms. The minimum absolute atomic E-state index is 0.266. The molecule has 8 heteroatoms. The van der Waals surface area contributed by atoms with Gasteiger partial charge in [0.25, 0.3) is 0 Å². The Hall–Kier alpha value is -1.93. The van der Waals surface area contributed by atoms with Crippen LogP contribution in [0.2, 0.25) is 0 Å². The molecule has 1 aromatic heterocycles. The molecule has 0 unspecified atom stereocenters. The summed E-state index contributed by atoms with van der Waals surface area (Å²) in [5.74, 6) is -0.456. The lowest BCUT2D eigenvalue weighted by atomic mass is 10.2. The van der Waals surface area contributed by atoms with Gasteiger partial charge in [-0.1, -0.05) is 45.5 Å². The first-order valence-corrected chi connectivity index (χ1v) is 10.0. The molecule has 140 valence electrons. The van der Waals surface area contributed by atoms with Crippen molar-refractivity contribution in [2.24, 2.45) is 0 Å². The third kappa shape index (κ3) is 5.04. The Labute approximate surface area is 165 Å². The second-order valence-corrected chi connectivity index (χ2v) is 7.82. The van der Waals surface area contributed by atoms with E-state index in [2.05, 4.69) is 20.9 Å². The van der Waals surface area contributed by atoms with E-state index in [0.29, 0.717) is 26.7 Å². The Morgan fingerprint density at radius 2 is 1.88 bits per heavy atom. The summed E-state index contributed by atoms with van der Waals surface area (Å²) in [5, 5.41) is 0.720. The van der Waals surface area contributed by atoms with Crippen LogP contribution in [0.4, 0.5) is 15.6 Å². The smallest absolute Gasteiger partial charge is 0.421 e. The fraction of sp³-hybridized carbons (Fsp3) is 0.389. The van der Waals surface area contributed by atoms with Crippen LogP contribution >= 0.6 is 27.3 Å². The number of para-hydroxylation sites is 1. The standard InChI is InChI=1S/C18H21BrN2O4S/c1-5-24-15(22)14-13(11-19)20-16(26-14)21(12-9-7-6-8-10-12)17(23)25-18(2,3)4/h6-10H,5,11H2,1-4H3. The van der Waals surface area contributed by atoms with Gasteiger partial charge in [0.05, 0.1) is 18.0 Å². The molecule has 1 amide bonds. The zero-order valence-electron chi connectivity index (χ0n) is 15.1. The zero-order chi connectivity index (χ0) is 19.3. The molecule has 0 aliphatic carbocycles. The molecule has 0 saturated heterocycles. The van der Waals surface area contributed by atoms with E-state index in [-0.39, 0.29) is 6.61 Å². The lowest BCUT2D eigenvalue weighted by Crippen LogP contribution is -2.33.